The number of anilines is 1. The van der Waals surface area contributed by atoms with Gasteiger partial charge < -0.3 is 30.5 Å². The average Bonchev–Trinajstić information content (AvgIpc) is 3.08. The monoisotopic (exact) mass is 311 g/mol. The summed E-state index contributed by atoms with van der Waals surface area (Å²) in [4.78, 5) is 12.3. The first kappa shape index (κ1) is 15.1. The quantitative estimate of drug-likeness (QED) is 0.417. The molecule has 0 spiro atoms. The fourth-order valence-electron chi connectivity index (χ4n) is 2.45. The summed E-state index contributed by atoms with van der Waals surface area (Å²) in [5.74, 6) is 0.449. The summed E-state index contributed by atoms with van der Waals surface area (Å²) in [5.41, 5.74) is 0.860. The summed E-state index contributed by atoms with van der Waals surface area (Å²) in [6.45, 7) is -0.145. The van der Waals surface area contributed by atoms with Crippen molar-refractivity contribution in [1.82, 2.24) is 19.5 Å². The van der Waals surface area contributed by atoms with Crippen LogP contribution in [0.1, 0.15) is 6.23 Å². The van der Waals surface area contributed by atoms with E-state index in [1.165, 1.54) is 17.2 Å². The topological polar surface area (TPSA) is 146 Å². The van der Waals surface area contributed by atoms with Crippen molar-refractivity contribution in [2.24, 2.45) is 0 Å². The number of ether oxygens (including phenoxy) is 1. The Morgan fingerprint density at radius 3 is 2.68 bits per heavy atom. The van der Waals surface area contributed by atoms with Gasteiger partial charge in [-0.05, 0) is 0 Å². The Labute approximate surface area is 125 Å². The van der Waals surface area contributed by atoms with Crippen LogP contribution in [0.25, 0.3) is 11.2 Å². The van der Waals surface area contributed by atoms with E-state index in [0.29, 0.717) is 23.5 Å². The molecule has 0 saturated carbocycles. The second kappa shape index (κ2) is 6.10. The van der Waals surface area contributed by atoms with Gasteiger partial charge in [0.05, 0.1) is 19.5 Å². The lowest BCUT2D eigenvalue weighted by atomic mass is 10.1. The molecule has 0 radical (unpaired) electrons. The van der Waals surface area contributed by atoms with Gasteiger partial charge in [0.2, 0.25) is 0 Å². The highest BCUT2D eigenvalue weighted by Gasteiger charge is 2.43. The van der Waals surface area contributed by atoms with Gasteiger partial charge in [0.1, 0.15) is 24.6 Å². The highest BCUT2D eigenvalue weighted by molar-refractivity contribution is 5.82. The van der Waals surface area contributed by atoms with Crippen molar-refractivity contribution in [2.75, 3.05) is 25.1 Å². The fraction of sp³-hybridized carbons (Fsp3) is 0.583. The van der Waals surface area contributed by atoms with Crippen molar-refractivity contribution in [1.29, 1.82) is 0 Å². The van der Waals surface area contributed by atoms with Gasteiger partial charge in [0.15, 0.2) is 23.2 Å². The maximum atomic E-state index is 10.1. The number of imidazole rings is 1. The molecule has 0 bridgehead atoms. The van der Waals surface area contributed by atoms with Crippen molar-refractivity contribution < 1.29 is 25.2 Å². The molecule has 3 heterocycles. The number of hydrogen-bond donors (Lipinski definition) is 5. The zero-order chi connectivity index (χ0) is 15.7. The summed E-state index contributed by atoms with van der Waals surface area (Å²) in [6, 6.07) is 0. The molecule has 1 saturated heterocycles. The molecule has 2 aromatic rings. The van der Waals surface area contributed by atoms with Gasteiger partial charge in [0.25, 0.3) is 0 Å². The number of fused-ring (bicyclic) bond motifs is 1. The van der Waals surface area contributed by atoms with Gasteiger partial charge in [-0.1, -0.05) is 0 Å². The van der Waals surface area contributed by atoms with Crippen molar-refractivity contribution in [3.8, 4) is 0 Å². The van der Waals surface area contributed by atoms with Gasteiger partial charge in [-0.3, -0.25) is 4.57 Å². The Balaban J connectivity index is 1.95. The first-order valence-electron chi connectivity index (χ1n) is 6.82. The third kappa shape index (κ3) is 2.40. The van der Waals surface area contributed by atoms with Gasteiger partial charge >= 0.3 is 0 Å². The molecule has 1 aliphatic rings. The second-order valence-corrected chi connectivity index (χ2v) is 4.93. The van der Waals surface area contributed by atoms with E-state index in [1.807, 2.05) is 0 Å². The molecule has 10 nitrogen and oxygen atoms in total. The predicted molar refractivity (Wildman–Crippen MR) is 73.9 cm³/mol. The molecular weight excluding hydrogens is 294 g/mol. The Morgan fingerprint density at radius 1 is 1.18 bits per heavy atom. The minimum absolute atomic E-state index is 0.0545. The zero-order valence-electron chi connectivity index (χ0n) is 11.6. The molecule has 2 aromatic heterocycles. The smallest absolute Gasteiger partial charge is 0.167 e. The minimum Gasteiger partial charge on any atom is -0.395 e. The molecule has 0 amide bonds. The Hall–Kier alpha value is -1.85. The van der Waals surface area contributed by atoms with Crippen molar-refractivity contribution in [2.45, 2.75) is 24.5 Å². The average molecular weight is 311 g/mol. The summed E-state index contributed by atoms with van der Waals surface area (Å²) in [6.07, 6.45) is -1.44. The molecule has 1 aliphatic heterocycles. The van der Waals surface area contributed by atoms with E-state index in [-0.39, 0.29) is 6.61 Å². The van der Waals surface area contributed by atoms with E-state index >= 15 is 0 Å². The van der Waals surface area contributed by atoms with E-state index in [2.05, 4.69) is 20.3 Å². The number of aliphatic hydroxyl groups is 4. The molecule has 0 unspecified atom stereocenters. The number of aromatic nitrogens is 4. The second-order valence-electron chi connectivity index (χ2n) is 4.93. The molecule has 0 aromatic carbocycles. The summed E-state index contributed by atoms with van der Waals surface area (Å²) in [5, 5.41) is 40.8. The van der Waals surface area contributed by atoms with Gasteiger partial charge in [0, 0.05) is 6.54 Å². The highest BCUT2D eigenvalue weighted by Crippen LogP contribution is 2.31. The van der Waals surface area contributed by atoms with E-state index in [0.717, 1.165) is 0 Å². The third-order valence-corrected chi connectivity index (χ3v) is 3.55. The first-order valence-corrected chi connectivity index (χ1v) is 6.82. The Kier molecular flexibility index (Phi) is 4.18. The standard InChI is InChI=1S/C12H17N5O5/c18-2-1-13-10-7-11(15-4-14-10)17(5-16-7)12-9(21)8(20)6(3-19)22-12/h4-6,8-9,12,18-21H,1-3H2,(H,13,14,15)/t6-,8-,9+,12-/m0/s1. The van der Waals surface area contributed by atoms with E-state index in [4.69, 9.17) is 14.9 Å². The summed E-state index contributed by atoms with van der Waals surface area (Å²) < 4.78 is 6.94. The molecule has 3 rings (SSSR count). The fourth-order valence-corrected chi connectivity index (χ4v) is 2.45. The number of aliphatic hydroxyl groups excluding tert-OH is 4. The lowest BCUT2D eigenvalue weighted by molar-refractivity contribution is -0.0511. The molecule has 22 heavy (non-hydrogen) atoms. The first-order chi connectivity index (χ1) is 10.7. The molecule has 1 fully saturated rings. The van der Waals surface area contributed by atoms with Crippen LogP contribution in [0, 0.1) is 0 Å². The van der Waals surface area contributed by atoms with Crippen LogP contribution < -0.4 is 5.32 Å². The normalized spacial score (nSPS) is 28.4. The van der Waals surface area contributed by atoms with Gasteiger partial charge in [-0.25, -0.2) is 15.0 Å². The van der Waals surface area contributed by atoms with Gasteiger partial charge in [-0.2, -0.15) is 0 Å². The van der Waals surface area contributed by atoms with E-state index < -0.39 is 31.1 Å². The molecule has 120 valence electrons. The third-order valence-electron chi connectivity index (χ3n) is 3.55. The lowest BCUT2D eigenvalue weighted by Crippen LogP contribution is -2.33. The molecule has 4 atom stereocenters. The van der Waals surface area contributed by atoms with Crippen LogP contribution in [-0.2, 0) is 4.74 Å². The zero-order valence-corrected chi connectivity index (χ0v) is 11.6. The van der Waals surface area contributed by atoms with Gasteiger partial charge in [-0.15, -0.1) is 0 Å². The highest BCUT2D eigenvalue weighted by atomic mass is 16.6. The van der Waals surface area contributed by atoms with Crippen LogP contribution in [0.4, 0.5) is 5.82 Å². The van der Waals surface area contributed by atoms with E-state index in [9.17, 15) is 10.2 Å². The summed E-state index contributed by atoms with van der Waals surface area (Å²) >= 11 is 0. The van der Waals surface area contributed by atoms with Crippen molar-refractivity contribution in [3.05, 3.63) is 12.7 Å². The maximum absolute atomic E-state index is 10.1. The van der Waals surface area contributed by atoms with Crippen LogP contribution >= 0.6 is 0 Å². The molecule has 5 N–H and O–H groups in total. The number of nitrogens with one attached hydrogen (secondary N) is 1. The summed E-state index contributed by atoms with van der Waals surface area (Å²) in [7, 11) is 0. The molecule has 10 heteroatoms. The maximum Gasteiger partial charge on any atom is 0.167 e. The molecule has 0 aliphatic carbocycles. The van der Waals surface area contributed by atoms with Crippen LogP contribution in [-0.4, -0.2) is 78.0 Å². The lowest BCUT2D eigenvalue weighted by Gasteiger charge is -2.16. The van der Waals surface area contributed by atoms with Crippen LogP contribution in [0.3, 0.4) is 0 Å². The SMILES string of the molecule is OCCNc1ncnc2c1ncn2[C@H]1O[C@@H](CO)[C@H](O)[C@H]1O. The molecular formula is C12H17N5O5. The minimum atomic E-state index is -1.21. The Bertz CT molecular complexity index is 650. The van der Waals surface area contributed by atoms with Crippen LogP contribution in [0.2, 0.25) is 0 Å². The Morgan fingerprint density at radius 2 is 2.00 bits per heavy atom. The largest absolute Gasteiger partial charge is 0.395 e. The van der Waals surface area contributed by atoms with Crippen molar-refractivity contribution >= 4 is 17.0 Å². The van der Waals surface area contributed by atoms with Crippen molar-refractivity contribution in [3.63, 3.8) is 0 Å². The van der Waals surface area contributed by atoms with E-state index in [1.54, 1.807) is 0 Å². The predicted octanol–water partition coefficient (Wildman–Crippen LogP) is -2.16. The number of nitrogens with zero attached hydrogens (tertiary/aromatic N) is 4. The van der Waals surface area contributed by atoms with Crippen LogP contribution in [0.5, 0.6) is 0 Å². The number of hydrogen-bond acceptors (Lipinski definition) is 9. The number of rotatable bonds is 5. The van der Waals surface area contributed by atoms with Crippen LogP contribution in [0.15, 0.2) is 12.7 Å².